The summed E-state index contributed by atoms with van der Waals surface area (Å²) in [6.07, 6.45) is 3.14. The van der Waals surface area contributed by atoms with Crippen molar-refractivity contribution in [1.82, 2.24) is 5.43 Å². The lowest BCUT2D eigenvalue weighted by Crippen LogP contribution is -2.24. The average molecular weight is 504 g/mol. The summed E-state index contributed by atoms with van der Waals surface area (Å²) in [6, 6.07) is 9.31. The molecule has 0 aliphatic rings. The Morgan fingerprint density at radius 1 is 1.09 bits per heavy atom. The van der Waals surface area contributed by atoms with E-state index >= 15 is 0 Å². The molecule has 7 nitrogen and oxygen atoms in total. The topological polar surface area (TPSA) is 89.0 Å². The molecule has 2 aromatic rings. The van der Waals surface area contributed by atoms with Crippen molar-refractivity contribution in [3.63, 3.8) is 0 Å². The first kappa shape index (κ1) is 25.4. The van der Waals surface area contributed by atoms with Crippen LogP contribution in [0.1, 0.15) is 49.8 Å². The minimum Gasteiger partial charge on any atom is -0.490 e. The van der Waals surface area contributed by atoms with E-state index in [1.807, 2.05) is 45.0 Å². The highest BCUT2D eigenvalue weighted by Gasteiger charge is 2.13. The summed E-state index contributed by atoms with van der Waals surface area (Å²) in [5.74, 6) is 0.329. The molecule has 172 valence electrons. The molecule has 0 saturated heterocycles. The number of nitrogens with one attached hydrogen (secondary N) is 2. The van der Waals surface area contributed by atoms with Gasteiger partial charge in [-0.15, -0.1) is 0 Å². The maximum absolute atomic E-state index is 12.1. The molecule has 0 heterocycles. The highest BCUT2D eigenvalue weighted by Crippen LogP contribution is 2.36. The van der Waals surface area contributed by atoms with Crippen LogP contribution in [-0.2, 0) is 9.59 Å². The van der Waals surface area contributed by atoms with E-state index in [4.69, 9.17) is 9.47 Å². The van der Waals surface area contributed by atoms with Gasteiger partial charge in [0.05, 0.1) is 23.9 Å². The first-order valence-corrected chi connectivity index (χ1v) is 11.4. The van der Waals surface area contributed by atoms with Gasteiger partial charge in [0.1, 0.15) is 6.42 Å². The molecule has 2 rings (SSSR count). The highest BCUT2D eigenvalue weighted by molar-refractivity contribution is 9.10. The molecule has 32 heavy (non-hydrogen) atoms. The van der Waals surface area contributed by atoms with Crippen LogP contribution in [0.3, 0.4) is 0 Å². The van der Waals surface area contributed by atoms with Gasteiger partial charge in [0, 0.05) is 5.69 Å². The number of carbonyl (C=O) groups excluding carboxylic acids is 2. The van der Waals surface area contributed by atoms with Gasteiger partial charge in [-0.2, -0.15) is 5.10 Å². The van der Waals surface area contributed by atoms with Crippen molar-refractivity contribution >= 4 is 39.6 Å². The van der Waals surface area contributed by atoms with Gasteiger partial charge in [0.25, 0.3) is 0 Å². The van der Waals surface area contributed by atoms with Crippen LogP contribution in [0.2, 0.25) is 0 Å². The Balaban J connectivity index is 1.95. The Labute approximate surface area is 197 Å². The standard InChI is InChI=1S/C24H30BrN3O4/c1-5-7-10-32-24-19(25)12-18(13-21(24)31-6-2)15-26-28-23(30)14-22(29)27-20-9-8-16(3)11-17(20)4/h8-9,11-13,15H,5-7,10,14H2,1-4H3,(H,27,29)(H,28,30). The van der Waals surface area contributed by atoms with Gasteiger partial charge in [0.2, 0.25) is 11.8 Å². The molecular weight excluding hydrogens is 474 g/mol. The number of hydrogen-bond donors (Lipinski definition) is 2. The molecule has 0 bridgehead atoms. The minimum atomic E-state index is -0.507. The van der Waals surface area contributed by atoms with Crippen molar-refractivity contribution in [1.29, 1.82) is 0 Å². The highest BCUT2D eigenvalue weighted by atomic mass is 79.9. The first-order valence-electron chi connectivity index (χ1n) is 10.6. The Morgan fingerprint density at radius 3 is 2.56 bits per heavy atom. The van der Waals surface area contributed by atoms with Gasteiger partial charge in [-0.05, 0) is 72.4 Å². The van der Waals surface area contributed by atoms with Gasteiger partial charge in [-0.25, -0.2) is 5.43 Å². The van der Waals surface area contributed by atoms with Crippen molar-refractivity contribution in [3.05, 3.63) is 51.5 Å². The third kappa shape index (κ3) is 8.00. The molecular formula is C24H30BrN3O4. The molecule has 0 aliphatic carbocycles. The molecule has 0 radical (unpaired) electrons. The van der Waals surface area contributed by atoms with E-state index < -0.39 is 11.8 Å². The van der Waals surface area contributed by atoms with Crippen LogP contribution in [-0.4, -0.2) is 31.2 Å². The minimum absolute atomic E-state index is 0.331. The number of hydrazone groups is 1. The predicted octanol–water partition coefficient (Wildman–Crippen LogP) is 5.12. The second kappa shape index (κ2) is 12.9. The van der Waals surface area contributed by atoms with E-state index in [9.17, 15) is 9.59 Å². The third-order valence-corrected chi connectivity index (χ3v) is 5.05. The Morgan fingerprint density at radius 2 is 1.88 bits per heavy atom. The lowest BCUT2D eigenvalue weighted by molar-refractivity contribution is -0.126. The molecule has 2 amide bonds. The molecule has 0 aromatic heterocycles. The Hall–Kier alpha value is -2.87. The molecule has 0 aliphatic heterocycles. The Kier molecular flexibility index (Phi) is 10.2. The molecule has 0 unspecified atom stereocenters. The summed E-state index contributed by atoms with van der Waals surface area (Å²) >= 11 is 3.51. The number of unbranched alkanes of at least 4 members (excludes halogenated alkanes) is 1. The van der Waals surface area contributed by atoms with Crippen molar-refractivity contribution < 1.29 is 19.1 Å². The lowest BCUT2D eigenvalue weighted by atomic mass is 10.1. The second-order valence-corrected chi connectivity index (χ2v) is 8.16. The van der Waals surface area contributed by atoms with Crippen LogP contribution in [0.5, 0.6) is 11.5 Å². The third-order valence-electron chi connectivity index (χ3n) is 4.46. The fraction of sp³-hybridized carbons (Fsp3) is 0.375. The van der Waals surface area contributed by atoms with Gasteiger partial charge in [0.15, 0.2) is 11.5 Å². The van der Waals surface area contributed by atoms with Crippen LogP contribution >= 0.6 is 15.9 Å². The fourth-order valence-corrected chi connectivity index (χ4v) is 3.47. The van der Waals surface area contributed by atoms with Gasteiger partial charge in [-0.1, -0.05) is 31.0 Å². The summed E-state index contributed by atoms with van der Waals surface area (Å²) in [7, 11) is 0. The largest absolute Gasteiger partial charge is 0.490 e. The van der Waals surface area contributed by atoms with Crippen molar-refractivity contribution in [2.24, 2.45) is 5.10 Å². The van der Waals surface area contributed by atoms with E-state index in [1.165, 1.54) is 6.21 Å². The summed E-state index contributed by atoms with van der Waals surface area (Å²) < 4.78 is 12.3. The maximum atomic E-state index is 12.1. The quantitative estimate of drug-likeness (QED) is 0.192. The number of benzene rings is 2. The molecule has 0 atom stereocenters. The van der Waals surface area contributed by atoms with Crippen LogP contribution in [0.15, 0.2) is 39.9 Å². The average Bonchev–Trinajstić information content (AvgIpc) is 2.72. The van der Waals surface area contributed by atoms with Crippen LogP contribution in [0.25, 0.3) is 0 Å². The van der Waals surface area contributed by atoms with Gasteiger partial charge in [-0.3, -0.25) is 9.59 Å². The van der Waals surface area contributed by atoms with Crippen molar-refractivity contribution in [2.75, 3.05) is 18.5 Å². The monoisotopic (exact) mass is 503 g/mol. The van der Waals surface area contributed by atoms with E-state index in [0.717, 1.165) is 28.4 Å². The molecule has 2 aromatic carbocycles. The van der Waals surface area contributed by atoms with Crippen LogP contribution in [0, 0.1) is 13.8 Å². The zero-order valence-electron chi connectivity index (χ0n) is 19.0. The second-order valence-electron chi connectivity index (χ2n) is 7.30. The summed E-state index contributed by atoms with van der Waals surface area (Å²) in [4.78, 5) is 24.2. The summed E-state index contributed by atoms with van der Waals surface area (Å²) in [5, 5.41) is 6.70. The van der Waals surface area contributed by atoms with E-state index in [-0.39, 0.29) is 6.42 Å². The SMILES string of the molecule is CCCCOc1c(Br)cc(C=NNC(=O)CC(=O)Nc2ccc(C)cc2C)cc1OCC. The van der Waals surface area contributed by atoms with Gasteiger partial charge >= 0.3 is 0 Å². The molecule has 8 heteroatoms. The zero-order chi connectivity index (χ0) is 23.5. The number of nitrogens with zero attached hydrogens (tertiary/aromatic N) is 1. The Bertz CT molecular complexity index is 976. The molecule has 0 fully saturated rings. The number of rotatable bonds is 11. The number of hydrogen-bond acceptors (Lipinski definition) is 5. The summed E-state index contributed by atoms with van der Waals surface area (Å²) in [6.45, 7) is 8.97. The van der Waals surface area contributed by atoms with E-state index in [2.05, 4.69) is 38.7 Å². The van der Waals surface area contributed by atoms with Crippen LogP contribution < -0.4 is 20.2 Å². The lowest BCUT2D eigenvalue weighted by Gasteiger charge is -2.14. The molecule has 2 N–H and O–H groups in total. The smallest absolute Gasteiger partial charge is 0.249 e. The summed E-state index contributed by atoms with van der Waals surface area (Å²) in [5.41, 5.74) is 5.82. The number of halogens is 1. The van der Waals surface area contributed by atoms with E-state index in [1.54, 1.807) is 6.07 Å². The fourth-order valence-electron chi connectivity index (χ4n) is 2.90. The predicted molar refractivity (Wildman–Crippen MR) is 131 cm³/mol. The number of aryl methyl sites for hydroxylation is 2. The van der Waals surface area contributed by atoms with Gasteiger partial charge < -0.3 is 14.8 Å². The number of anilines is 1. The number of amides is 2. The zero-order valence-corrected chi connectivity index (χ0v) is 20.5. The number of carbonyl (C=O) groups is 2. The van der Waals surface area contributed by atoms with Crippen molar-refractivity contribution in [3.8, 4) is 11.5 Å². The number of ether oxygens (including phenoxy) is 2. The van der Waals surface area contributed by atoms with Crippen LogP contribution in [0.4, 0.5) is 5.69 Å². The molecule has 0 saturated carbocycles. The van der Waals surface area contributed by atoms with Crippen molar-refractivity contribution in [2.45, 2.75) is 47.0 Å². The maximum Gasteiger partial charge on any atom is 0.249 e. The first-order chi connectivity index (χ1) is 15.3. The van der Waals surface area contributed by atoms with E-state index in [0.29, 0.717) is 36.0 Å². The normalized spacial score (nSPS) is 10.8. The molecule has 0 spiro atoms.